The van der Waals surface area contributed by atoms with Gasteiger partial charge in [-0.1, -0.05) is 19.1 Å². The van der Waals surface area contributed by atoms with Gasteiger partial charge in [0, 0.05) is 11.4 Å². The maximum absolute atomic E-state index is 13.2. The highest BCUT2D eigenvalue weighted by atomic mass is 32.1. The van der Waals surface area contributed by atoms with E-state index in [0.717, 1.165) is 0 Å². The third-order valence-corrected chi connectivity index (χ3v) is 5.51. The van der Waals surface area contributed by atoms with Crippen molar-refractivity contribution in [2.24, 2.45) is 0 Å². The van der Waals surface area contributed by atoms with Gasteiger partial charge in [-0.2, -0.15) is 5.10 Å². The molecule has 0 saturated carbocycles. The van der Waals surface area contributed by atoms with Crippen LogP contribution in [0.25, 0.3) is 5.69 Å². The fourth-order valence-corrected chi connectivity index (χ4v) is 3.80. The molecule has 0 fully saturated rings. The molecule has 8 heteroatoms. The molecule has 2 amide bonds. The molecule has 31 heavy (non-hydrogen) atoms. The average Bonchev–Trinajstić information content (AvgIpc) is 3.44. The van der Waals surface area contributed by atoms with E-state index in [1.54, 1.807) is 47.1 Å². The van der Waals surface area contributed by atoms with Crippen LogP contribution < -0.4 is 10.6 Å². The van der Waals surface area contributed by atoms with Gasteiger partial charge in [0.15, 0.2) is 0 Å². The first-order valence-electron chi connectivity index (χ1n) is 9.64. The molecular formula is C23H19FN4O2S. The van der Waals surface area contributed by atoms with Crippen molar-refractivity contribution in [3.8, 4) is 5.69 Å². The number of carbonyl (C=O) groups is 2. The van der Waals surface area contributed by atoms with Crippen LogP contribution in [-0.4, -0.2) is 21.6 Å². The van der Waals surface area contributed by atoms with Crippen LogP contribution in [0.4, 0.5) is 15.8 Å². The van der Waals surface area contributed by atoms with Crippen LogP contribution in [0.3, 0.4) is 0 Å². The highest BCUT2D eigenvalue weighted by Crippen LogP contribution is 2.21. The molecule has 4 aromatic rings. The number of nitrogens with zero attached hydrogens (tertiary/aromatic N) is 2. The molecule has 156 valence electrons. The Morgan fingerprint density at radius 2 is 1.71 bits per heavy atom. The lowest BCUT2D eigenvalue weighted by Gasteiger charge is -2.10. The lowest BCUT2D eigenvalue weighted by Crippen LogP contribution is -2.15. The van der Waals surface area contributed by atoms with E-state index in [4.69, 9.17) is 0 Å². The van der Waals surface area contributed by atoms with E-state index < -0.39 is 0 Å². The Hall–Kier alpha value is -3.78. The number of rotatable bonds is 6. The number of nitrogens with one attached hydrogen (secondary N) is 2. The van der Waals surface area contributed by atoms with Crippen LogP contribution in [0, 0.1) is 5.82 Å². The van der Waals surface area contributed by atoms with Gasteiger partial charge >= 0.3 is 0 Å². The van der Waals surface area contributed by atoms with E-state index in [1.165, 1.54) is 29.7 Å². The van der Waals surface area contributed by atoms with Crippen molar-refractivity contribution in [2.75, 3.05) is 10.6 Å². The predicted molar refractivity (Wildman–Crippen MR) is 120 cm³/mol. The molecule has 6 nitrogen and oxygen atoms in total. The number of carbonyl (C=O) groups excluding carboxylic acids is 2. The number of anilines is 2. The van der Waals surface area contributed by atoms with E-state index in [9.17, 15) is 14.0 Å². The summed E-state index contributed by atoms with van der Waals surface area (Å²) in [5.41, 5.74) is 2.95. The maximum Gasteiger partial charge on any atom is 0.265 e. The fourth-order valence-electron chi connectivity index (χ4n) is 3.18. The minimum atomic E-state index is -0.335. The van der Waals surface area contributed by atoms with E-state index in [1.807, 2.05) is 18.4 Å². The Balaban J connectivity index is 1.52. The zero-order valence-electron chi connectivity index (χ0n) is 16.6. The average molecular weight is 434 g/mol. The first kappa shape index (κ1) is 20.5. The van der Waals surface area contributed by atoms with Crippen LogP contribution >= 0.6 is 11.3 Å². The Bertz CT molecular complexity index is 1220. The minimum Gasteiger partial charge on any atom is -0.322 e. The number of hydrogen-bond acceptors (Lipinski definition) is 4. The van der Waals surface area contributed by atoms with Crippen LogP contribution in [0.2, 0.25) is 0 Å². The van der Waals surface area contributed by atoms with Crippen LogP contribution in [0.1, 0.15) is 32.6 Å². The topological polar surface area (TPSA) is 76.0 Å². The largest absolute Gasteiger partial charge is 0.322 e. The molecule has 0 aliphatic rings. The van der Waals surface area contributed by atoms with Crippen molar-refractivity contribution in [2.45, 2.75) is 13.3 Å². The second-order valence-corrected chi connectivity index (χ2v) is 7.66. The lowest BCUT2D eigenvalue weighted by atomic mass is 10.1. The second-order valence-electron chi connectivity index (χ2n) is 6.71. The molecule has 0 spiro atoms. The highest BCUT2D eigenvalue weighted by molar-refractivity contribution is 7.12. The first-order valence-corrected chi connectivity index (χ1v) is 10.5. The molecule has 0 bridgehead atoms. The fraction of sp³-hybridized carbons (Fsp3) is 0.0870. The van der Waals surface area contributed by atoms with Crippen molar-refractivity contribution in [1.29, 1.82) is 0 Å². The molecule has 2 aromatic heterocycles. The van der Waals surface area contributed by atoms with Crippen LogP contribution in [0.5, 0.6) is 0 Å². The predicted octanol–water partition coefficient (Wildman–Crippen LogP) is 5.14. The molecule has 0 aliphatic carbocycles. The summed E-state index contributed by atoms with van der Waals surface area (Å²) in [5, 5.41) is 11.8. The van der Waals surface area contributed by atoms with E-state index >= 15 is 0 Å². The SMILES string of the molecule is CCc1c(C(=O)Nc2cccc(NC(=O)c3cccs3)c2)cnn1-c1ccc(F)cc1. The summed E-state index contributed by atoms with van der Waals surface area (Å²) in [4.78, 5) is 25.8. The Morgan fingerprint density at radius 1 is 1.00 bits per heavy atom. The molecule has 0 unspecified atom stereocenters. The Labute approximate surface area is 182 Å². The summed E-state index contributed by atoms with van der Waals surface area (Å²) in [6.45, 7) is 1.93. The summed E-state index contributed by atoms with van der Waals surface area (Å²) < 4.78 is 14.9. The number of hydrogen-bond donors (Lipinski definition) is 2. The van der Waals surface area contributed by atoms with E-state index in [2.05, 4.69) is 15.7 Å². The van der Waals surface area contributed by atoms with Crippen molar-refractivity contribution in [3.05, 3.63) is 94.2 Å². The van der Waals surface area contributed by atoms with Gasteiger partial charge < -0.3 is 10.6 Å². The number of amides is 2. The minimum absolute atomic E-state index is 0.202. The summed E-state index contributed by atoms with van der Waals surface area (Å²) in [6.07, 6.45) is 2.07. The molecule has 0 atom stereocenters. The zero-order chi connectivity index (χ0) is 21.8. The Morgan fingerprint density at radius 3 is 2.35 bits per heavy atom. The number of halogens is 1. The number of aromatic nitrogens is 2. The van der Waals surface area contributed by atoms with Crippen molar-refractivity contribution >= 4 is 34.5 Å². The van der Waals surface area contributed by atoms with Crippen LogP contribution in [-0.2, 0) is 6.42 Å². The molecule has 0 saturated heterocycles. The lowest BCUT2D eigenvalue weighted by molar-refractivity contribution is 0.102. The quantitative estimate of drug-likeness (QED) is 0.441. The van der Waals surface area contributed by atoms with Gasteiger partial charge in [-0.05, 0) is 60.3 Å². The Kier molecular flexibility index (Phi) is 5.90. The van der Waals surface area contributed by atoms with E-state index in [0.29, 0.717) is 39.6 Å². The van der Waals surface area contributed by atoms with E-state index in [-0.39, 0.29) is 17.6 Å². The van der Waals surface area contributed by atoms with Crippen molar-refractivity contribution in [1.82, 2.24) is 9.78 Å². The summed E-state index contributed by atoms with van der Waals surface area (Å²) in [5.74, 6) is -0.850. The molecule has 4 rings (SSSR count). The summed E-state index contributed by atoms with van der Waals surface area (Å²) in [6, 6.07) is 16.4. The van der Waals surface area contributed by atoms with Crippen molar-refractivity contribution in [3.63, 3.8) is 0 Å². The third-order valence-electron chi connectivity index (χ3n) is 4.64. The number of thiophene rings is 1. The standard InChI is InChI=1S/C23H19FN4O2S/c1-2-20-19(14-25-28(20)18-10-8-15(24)9-11-18)22(29)26-16-5-3-6-17(13-16)27-23(30)21-7-4-12-31-21/h3-14H,2H2,1H3,(H,26,29)(H,27,30). The molecule has 2 heterocycles. The summed E-state index contributed by atoms with van der Waals surface area (Å²) >= 11 is 1.36. The third kappa shape index (κ3) is 4.54. The van der Waals surface area contributed by atoms with Gasteiger partial charge in [-0.3, -0.25) is 9.59 Å². The monoisotopic (exact) mass is 434 g/mol. The van der Waals surface area contributed by atoms with Gasteiger partial charge in [0.1, 0.15) is 5.82 Å². The molecular weight excluding hydrogens is 415 g/mol. The van der Waals surface area contributed by atoms with Gasteiger partial charge in [0.05, 0.1) is 28.0 Å². The first-order chi connectivity index (χ1) is 15.0. The normalized spacial score (nSPS) is 10.6. The molecule has 0 radical (unpaired) electrons. The molecule has 0 aliphatic heterocycles. The highest BCUT2D eigenvalue weighted by Gasteiger charge is 2.18. The van der Waals surface area contributed by atoms with Gasteiger partial charge in [-0.25, -0.2) is 9.07 Å². The molecule has 2 aromatic carbocycles. The van der Waals surface area contributed by atoms with Gasteiger partial charge in [0.2, 0.25) is 0 Å². The van der Waals surface area contributed by atoms with Crippen LogP contribution in [0.15, 0.2) is 72.2 Å². The van der Waals surface area contributed by atoms with Crippen molar-refractivity contribution < 1.29 is 14.0 Å². The van der Waals surface area contributed by atoms with Gasteiger partial charge in [0.25, 0.3) is 11.8 Å². The smallest absolute Gasteiger partial charge is 0.265 e. The maximum atomic E-state index is 13.2. The zero-order valence-corrected chi connectivity index (χ0v) is 17.4. The molecule has 2 N–H and O–H groups in total. The second kappa shape index (κ2) is 8.93. The summed E-state index contributed by atoms with van der Waals surface area (Å²) in [7, 11) is 0. The van der Waals surface area contributed by atoms with Gasteiger partial charge in [-0.15, -0.1) is 11.3 Å². The number of benzene rings is 2.